The van der Waals surface area contributed by atoms with Crippen LogP contribution in [0.3, 0.4) is 0 Å². The topological polar surface area (TPSA) is 54.9 Å². The molecule has 1 aromatic rings. The number of hydrogen-bond donors (Lipinski definition) is 1. The van der Waals surface area contributed by atoms with Crippen LogP contribution in [-0.4, -0.2) is 15.9 Å². The summed E-state index contributed by atoms with van der Waals surface area (Å²) in [4.78, 5) is 19.9. The summed E-state index contributed by atoms with van der Waals surface area (Å²) >= 11 is 0. The molecular formula is C13H17N3O. The highest BCUT2D eigenvalue weighted by atomic mass is 16.1. The van der Waals surface area contributed by atoms with Crippen molar-refractivity contribution in [1.82, 2.24) is 9.97 Å². The van der Waals surface area contributed by atoms with Crippen LogP contribution in [0.4, 0.5) is 5.95 Å². The van der Waals surface area contributed by atoms with Crippen molar-refractivity contribution in [2.45, 2.75) is 40.0 Å². The molecule has 0 unspecified atom stereocenters. The zero-order chi connectivity index (χ0) is 12.7. The quantitative estimate of drug-likeness (QED) is 0.638. The molecule has 0 spiro atoms. The Morgan fingerprint density at radius 1 is 1.35 bits per heavy atom. The Morgan fingerprint density at radius 3 is 2.59 bits per heavy atom. The van der Waals surface area contributed by atoms with E-state index in [9.17, 15) is 4.79 Å². The lowest BCUT2D eigenvalue weighted by Gasteiger charge is -2.04. The van der Waals surface area contributed by atoms with Gasteiger partial charge in [-0.05, 0) is 33.3 Å². The van der Waals surface area contributed by atoms with Crippen LogP contribution in [-0.2, 0) is 4.79 Å². The predicted molar refractivity (Wildman–Crippen MR) is 67.4 cm³/mol. The fraction of sp³-hybridized carbons (Fsp3) is 0.462. The standard InChI is InChI=1S/C13H17N3O/c1-4-5-6-7-8-12(17)16-13-14-10(2)9-11(3)15-13/h9H,6-8H2,1-3H3,(H,14,15,16,17). The van der Waals surface area contributed by atoms with Crippen LogP contribution in [0, 0.1) is 25.7 Å². The molecule has 17 heavy (non-hydrogen) atoms. The maximum absolute atomic E-state index is 11.6. The molecule has 0 bridgehead atoms. The molecule has 90 valence electrons. The smallest absolute Gasteiger partial charge is 0.229 e. The summed E-state index contributed by atoms with van der Waals surface area (Å²) in [7, 11) is 0. The zero-order valence-corrected chi connectivity index (χ0v) is 10.5. The van der Waals surface area contributed by atoms with Gasteiger partial charge in [0.25, 0.3) is 0 Å². The fourth-order valence-electron chi connectivity index (χ4n) is 1.43. The highest BCUT2D eigenvalue weighted by Crippen LogP contribution is 2.05. The summed E-state index contributed by atoms with van der Waals surface area (Å²) < 4.78 is 0. The minimum Gasteiger partial charge on any atom is -0.295 e. The van der Waals surface area contributed by atoms with Crippen LogP contribution in [0.5, 0.6) is 0 Å². The number of nitrogens with zero attached hydrogens (tertiary/aromatic N) is 2. The van der Waals surface area contributed by atoms with Crippen molar-refractivity contribution in [1.29, 1.82) is 0 Å². The number of aryl methyl sites for hydroxylation is 2. The number of unbranched alkanes of at least 4 members (excludes halogenated alkanes) is 1. The number of carbonyl (C=O) groups excluding carboxylic acids is 1. The van der Waals surface area contributed by atoms with Gasteiger partial charge in [0.05, 0.1) is 0 Å². The maximum atomic E-state index is 11.6. The molecule has 0 aliphatic rings. The molecule has 0 aromatic carbocycles. The predicted octanol–water partition coefficient (Wildman–Crippen LogP) is 2.23. The third kappa shape index (κ3) is 5.12. The number of carbonyl (C=O) groups is 1. The first-order chi connectivity index (χ1) is 8.11. The minimum atomic E-state index is -0.0621. The highest BCUT2D eigenvalue weighted by Gasteiger charge is 2.04. The second kappa shape index (κ2) is 6.64. The van der Waals surface area contributed by atoms with E-state index in [1.807, 2.05) is 19.9 Å². The summed E-state index contributed by atoms with van der Waals surface area (Å²) in [6.45, 7) is 5.55. The third-order valence-corrected chi connectivity index (χ3v) is 2.12. The molecule has 0 fully saturated rings. The van der Waals surface area contributed by atoms with Crippen LogP contribution in [0.15, 0.2) is 6.07 Å². The minimum absolute atomic E-state index is 0.0621. The summed E-state index contributed by atoms with van der Waals surface area (Å²) in [5.74, 6) is 6.05. The lowest BCUT2D eigenvalue weighted by Crippen LogP contribution is -2.14. The Kier molecular flexibility index (Phi) is 5.15. The van der Waals surface area contributed by atoms with Crippen molar-refractivity contribution >= 4 is 11.9 Å². The van der Waals surface area contributed by atoms with E-state index in [1.54, 1.807) is 6.92 Å². The molecule has 1 N–H and O–H groups in total. The highest BCUT2D eigenvalue weighted by molar-refractivity contribution is 5.88. The summed E-state index contributed by atoms with van der Waals surface area (Å²) in [6.07, 6.45) is 1.96. The number of hydrogen-bond acceptors (Lipinski definition) is 3. The molecule has 4 nitrogen and oxygen atoms in total. The van der Waals surface area contributed by atoms with Gasteiger partial charge in [0.1, 0.15) is 0 Å². The fourth-order valence-corrected chi connectivity index (χ4v) is 1.43. The van der Waals surface area contributed by atoms with Gasteiger partial charge >= 0.3 is 0 Å². The van der Waals surface area contributed by atoms with Crippen molar-refractivity contribution in [2.24, 2.45) is 0 Å². The Balaban J connectivity index is 2.46. The Hall–Kier alpha value is -1.89. The van der Waals surface area contributed by atoms with Gasteiger partial charge in [-0.1, -0.05) is 0 Å². The van der Waals surface area contributed by atoms with Crippen molar-refractivity contribution in [3.63, 3.8) is 0 Å². The summed E-state index contributed by atoms with van der Waals surface area (Å²) in [5, 5.41) is 2.69. The van der Waals surface area contributed by atoms with Gasteiger partial charge in [-0.2, -0.15) is 0 Å². The van der Waals surface area contributed by atoms with Crippen LogP contribution < -0.4 is 5.32 Å². The van der Waals surface area contributed by atoms with E-state index in [4.69, 9.17) is 0 Å². The molecule has 0 aliphatic carbocycles. The number of nitrogens with one attached hydrogen (secondary N) is 1. The van der Waals surface area contributed by atoms with Crippen LogP contribution in [0.2, 0.25) is 0 Å². The van der Waals surface area contributed by atoms with Gasteiger partial charge in [-0.3, -0.25) is 10.1 Å². The zero-order valence-electron chi connectivity index (χ0n) is 10.5. The van der Waals surface area contributed by atoms with E-state index in [-0.39, 0.29) is 5.91 Å². The van der Waals surface area contributed by atoms with Gasteiger partial charge in [-0.15, -0.1) is 11.8 Å². The first kappa shape index (κ1) is 13.2. The largest absolute Gasteiger partial charge is 0.295 e. The monoisotopic (exact) mass is 231 g/mol. The van der Waals surface area contributed by atoms with E-state index in [2.05, 4.69) is 27.1 Å². The number of rotatable bonds is 4. The average Bonchev–Trinajstić information content (AvgIpc) is 2.23. The second-order valence-corrected chi connectivity index (χ2v) is 3.80. The molecule has 0 saturated heterocycles. The van der Waals surface area contributed by atoms with Gasteiger partial charge in [0.2, 0.25) is 11.9 Å². The van der Waals surface area contributed by atoms with Gasteiger partial charge in [-0.25, -0.2) is 9.97 Å². The molecule has 1 amide bonds. The molecule has 0 atom stereocenters. The summed E-state index contributed by atoms with van der Waals surface area (Å²) in [5.41, 5.74) is 1.70. The molecular weight excluding hydrogens is 214 g/mol. The Bertz CT molecular complexity index is 437. The number of amides is 1. The molecule has 1 aromatic heterocycles. The van der Waals surface area contributed by atoms with Gasteiger partial charge in [0, 0.05) is 24.2 Å². The van der Waals surface area contributed by atoms with Crippen molar-refractivity contribution in [2.75, 3.05) is 5.32 Å². The Labute approximate surface area is 102 Å². The normalized spacial score (nSPS) is 9.35. The molecule has 1 rings (SSSR count). The van der Waals surface area contributed by atoms with E-state index < -0.39 is 0 Å². The lowest BCUT2D eigenvalue weighted by molar-refractivity contribution is -0.116. The van der Waals surface area contributed by atoms with Crippen molar-refractivity contribution < 1.29 is 4.79 Å². The van der Waals surface area contributed by atoms with E-state index in [1.165, 1.54) is 0 Å². The second-order valence-electron chi connectivity index (χ2n) is 3.80. The molecule has 1 heterocycles. The van der Waals surface area contributed by atoms with Crippen LogP contribution >= 0.6 is 0 Å². The van der Waals surface area contributed by atoms with E-state index >= 15 is 0 Å². The Morgan fingerprint density at radius 2 is 2.00 bits per heavy atom. The first-order valence-corrected chi connectivity index (χ1v) is 5.63. The lowest BCUT2D eigenvalue weighted by atomic mass is 10.2. The SMILES string of the molecule is CC#CCCCC(=O)Nc1nc(C)cc(C)n1. The molecule has 0 radical (unpaired) electrons. The van der Waals surface area contributed by atoms with Crippen molar-refractivity contribution in [3.05, 3.63) is 17.5 Å². The van der Waals surface area contributed by atoms with Crippen LogP contribution in [0.1, 0.15) is 37.6 Å². The van der Waals surface area contributed by atoms with Crippen molar-refractivity contribution in [3.8, 4) is 11.8 Å². The maximum Gasteiger partial charge on any atom is 0.229 e. The van der Waals surface area contributed by atoms with Gasteiger partial charge < -0.3 is 0 Å². The first-order valence-electron chi connectivity index (χ1n) is 5.63. The molecule has 0 saturated carbocycles. The molecule has 4 heteroatoms. The third-order valence-electron chi connectivity index (χ3n) is 2.12. The molecule has 0 aliphatic heterocycles. The summed E-state index contributed by atoms with van der Waals surface area (Å²) in [6, 6.07) is 1.87. The van der Waals surface area contributed by atoms with Gasteiger partial charge in [0.15, 0.2) is 0 Å². The number of anilines is 1. The van der Waals surface area contributed by atoms with E-state index in [0.717, 1.165) is 24.2 Å². The number of aromatic nitrogens is 2. The average molecular weight is 231 g/mol. The van der Waals surface area contributed by atoms with Crippen LogP contribution in [0.25, 0.3) is 0 Å². The van der Waals surface area contributed by atoms with E-state index in [0.29, 0.717) is 12.4 Å².